The molecule has 0 heterocycles. The predicted octanol–water partition coefficient (Wildman–Crippen LogP) is 4.04. The lowest BCUT2D eigenvalue weighted by molar-refractivity contribution is -0.128. The minimum Gasteiger partial charge on any atom is -0.481 e. The van der Waals surface area contributed by atoms with Gasteiger partial charge in [0.05, 0.1) is 18.0 Å². The maximum atomic E-state index is 12.8. The summed E-state index contributed by atoms with van der Waals surface area (Å²) >= 11 is 0. The first-order valence-electron chi connectivity index (χ1n) is 10.0. The molecule has 0 saturated carbocycles. The van der Waals surface area contributed by atoms with E-state index in [9.17, 15) is 13.2 Å². The molecule has 0 aliphatic heterocycles. The van der Waals surface area contributed by atoms with Crippen LogP contribution in [0.1, 0.15) is 48.6 Å². The number of nitrogens with one attached hydrogen (secondary N) is 1. The molecule has 0 saturated heterocycles. The van der Waals surface area contributed by atoms with Gasteiger partial charge in [-0.15, -0.1) is 0 Å². The number of hydrogen-bond acceptors (Lipinski definition) is 4. The lowest BCUT2D eigenvalue weighted by Crippen LogP contribution is -2.39. The van der Waals surface area contributed by atoms with E-state index in [0.717, 1.165) is 17.4 Å². The van der Waals surface area contributed by atoms with Gasteiger partial charge in [-0.2, -0.15) is 0 Å². The van der Waals surface area contributed by atoms with Crippen LogP contribution in [-0.2, 0) is 14.8 Å². The highest BCUT2D eigenvalue weighted by molar-refractivity contribution is 7.92. The van der Waals surface area contributed by atoms with Crippen molar-refractivity contribution in [2.75, 3.05) is 17.6 Å². The number of benzene rings is 2. The second kappa shape index (κ2) is 9.51. The standard InChI is InChI=1S/C23H32N2O4S/c1-8-22(29-20-11-9-19(10-12-20)25(6)30(7,27)28)23(26)24-18(5)21-14-16(3)15(2)13-17(21)4/h9-14,18,22H,8H2,1-7H3,(H,24,26)/t18-,22+/m0/s1. The van der Waals surface area contributed by atoms with Gasteiger partial charge in [-0.3, -0.25) is 9.10 Å². The van der Waals surface area contributed by atoms with Gasteiger partial charge in [-0.25, -0.2) is 8.42 Å². The van der Waals surface area contributed by atoms with Gasteiger partial charge in [0.15, 0.2) is 6.10 Å². The van der Waals surface area contributed by atoms with Gasteiger partial charge in [0.2, 0.25) is 10.0 Å². The molecule has 2 rings (SSSR count). The van der Waals surface area contributed by atoms with Crippen LogP contribution in [0.3, 0.4) is 0 Å². The molecule has 0 aromatic heterocycles. The van der Waals surface area contributed by atoms with Crippen molar-refractivity contribution in [3.8, 4) is 5.75 Å². The van der Waals surface area contributed by atoms with Crippen LogP contribution < -0.4 is 14.4 Å². The number of sulfonamides is 1. The molecule has 0 aliphatic rings. The molecule has 6 nitrogen and oxygen atoms in total. The monoisotopic (exact) mass is 432 g/mol. The number of anilines is 1. The minimum absolute atomic E-state index is 0.139. The summed E-state index contributed by atoms with van der Waals surface area (Å²) in [6.07, 6.45) is 1.01. The second-order valence-electron chi connectivity index (χ2n) is 7.76. The van der Waals surface area contributed by atoms with Gasteiger partial charge in [-0.1, -0.05) is 19.1 Å². The number of hydrogen-bond donors (Lipinski definition) is 1. The molecule has 0 bridgehead atoms. The van der Waals surface area contributed by atoms with Crippen LogP contribution in [0.4, 0.5) is 5.69 Å². The van der Waals surface area contributed by atoms with Crippen molar-refractivity contribution >= 4 is 21.6 Å². The number of amides is 1. The summed E-state index contributed by atoms with van der Waals surface area (Å²) < 4.78 is 30.4. The first kappa shape index (κ1) is 23.7. The van der Waals surface area contributed by atoms with Gasteiger partial charge < -0.3 is 10.1 Å². The maximum absolute atomic E-state index is 12.8. The molecule has 1 N–H and O–H groups in total. The molecule has 0 aliphatic carbocycles. The number of carbonyl (C=O) groups is 1. The summed E-state index contributed by atoms with van der Waals surface area (Å²) in [6, 6.07) is 10.8. The van der Waals surface area contributed by atoms with E-state index in [4.69, 9.17) is 4.74 Å². The Bertz CT molecular complexity index is 1000. The average molecular weight is 433 g/mol. The van der Waals surface area contributed by atoms with Gasteiger partial charge in [0.1, 0.15) is 5.75 Å². The van der Waals surface area contributed by atoms with Crippen molar-refractivity contribution in [2.24, 2.45) is 0 Å². The average Bonchev–Trinajstić information content (AvgIpc) is 2.67. The normalized spacial score (nSPS) is 13.4. The van der Waals surface area contributed by atoms with Crippen LogP contribution in [0.5, 0.6) is 5.75 Å². The third-order valence-electron chi connectivity index (χ3n) is 5.35. The summed E-state index contributed by atoms with van der Waals surface area (Å²) in [5.41, 5.74) is 5.19. The van der Waals surface area contributed by atoms with E-state index in [1.165, 1.54) is 22.5 Å². The molecule has 0 radical (unpaired) electrons. The van der Waals surface area contributed by atoms with E-state index in [-0.39, 0.29) is 11.9 Å². The molecule has 2 atom stereocenters. The number of rotatable bonds is 8. The zero-order valence-electron chi connectivity index (χ0n) is 18.8. The van der Waals surface area contributed by atoms with Crippen LogP contribution in [0.2, 0.25) is 0 Å². The fraction of sp³-hybridized carbons (Fsp3) is 0.435. The molecule has 2 aromatic carbocycles. The van der Waals surface area contributed by atoms with E-state index in [2.05, 4.69) is 31.3 Å². The molecule has 0 unspecified atom stereocenters. The largest absolute Gasteiger partial charge is 0.481 e. The van der Waals surface area contributed by atoms with Crippen molar-refractivity contribution in [1.82, 2.24) is 5.32 Å². The summed E-state index contributed by atoms with van der Waals surface area (Å²) in [5, 5.41) is 3.05. The van der Waals surface area contributed by atoms with Crippen LogP contribution in [-0.4, -0.2) is 33.7 Å². The summed E-state index contributed by atoms with van der Waals surface area (Å²) in [4.78, 5) is 12.8. The molecule has 0 fully saturated rings. The van der Waals surface area contributed by atoms with Crippen LogP contribution >= 0.6 is 0 Å². The fourth-order valence-corrected chi connectivity index (χ4v) is 3.75. The van der Waals surface area contributed by atoms with Crippen molar-refractivity contribution in [3.63, 3.8) is 0 Å². The Hall–Kier alpha value is -2.54. The summed E-state index contributed by atoms with van der Waals surface area (Å²) in [7, 11) is -1.84. The molecule has 30 heavy (non-hydrogen) atoms. The van der Waals surface area contributed by atoms with Crippen molar-refractivity contribution in [1.29, 1.82) is 0 Å². The SMILES string of the molecule is CC[C@@H](Oc1ccc(N(C)S(C)(=O)=O)cc1)C(=O)N[C@@H](C)c1cc(C)c(C)cc1C. The van der Waals surface area contributed by atoms with Crippen LogP contribution in [0.25, 0.3) is 0 Å². The van der Waals surface area contributed by atoms with Gasteiger partial charge in [0, 0.05) is 7.05 Å². The Morgan fingerprint density at radius 1 is 1.07 bits per heavy atom. The van der Waals surface area contributed by atoms with Crippen molar-refractivity contribution in [2.45, 2.75) is 53.2 Å². The molecule has 0 spiro atoms. The van der Waals surface area contributed by atoms with E-state index < -0.39 is 16.1 Å². The molecular weight excluding hydrogens is 400 g/mol. The molecule has 7 heteroatoms. The lowest BCUT2D eigenvalue weighted by atomic mass is 9.96. The van der Waals surface area contributed by atoms with Crippen LogP contribution in [0, 0.1) is 20.8 Å². The summed E-state index contributed by atoms with van der Waals surface area (Å²) in [6.45, 7) is 10.1. The highest BCUT2D eigenvalue weighted by atomic mass is 32.2. The topological polar surface area (TPSA) is 75.7 Å². The number of nitrogens with zero attached hydrogens (tertiary/aromatic N) is 1. The van der Waals surface area contributed by atoms with Crippen molar-refractivity contribution < 1.29 is 17.9 Å². The highest BCUT2D eigenvalue weighted by Gasteiger charge is 2.22. The maximum Gasteiger partial charge on any atom is 0.261 e. The Kier molecular flexibility index (Phi) is 7.53. The minimum atomic E-state index is -3.33. The Balaban J connectivity index is 2.09. The number of carbonyl (C=O) groups excluding carboxylic acids is 1. The van der Waals surface area contributed by atoms with E-state index in [0.29, 0.717) is 17.9 Å². The lowest BCUT2D eigenvalue weighted by Gasteiger charge is -2.23. The number of ether oxygens (including phenoxy) is 1. The van der Waals surface area contributed by atoms with E-state index in [1.54, 1.807) is 24.3 Å². The third kappa shape index (κ3) is 5.75. The zero-order chi connectivity index (χ0) is 22.6. The summed E-state index contributed by atoms with van der Waals surface area (Å²) in [5.74, 6) is 0.331. The Morgan fingerprint density at radius 3 is 2.17 bits per heavy atom. The second-order valence-corrected chi connectivity index (χ2v) is 9.78. The number of aryl methyl sites for hydroxylation is 3. The fourth-order valence-electron chi connectivity index (χ4n) is 3.25. The van der Waals surface area contributed by atoms with Gasteiger partial charge >= 0.3 is 0 Å². The first-order valence-corrected chi connectivity index (χ1v) is 11.9. The molecular formula is C23H32N2O4S. The Labute approximate surface area is 180 Å². The molecule has 1 amide bonds. The quantitative estimate of drug-likeness (QED) is 0.683. The van der Waals surface area contributed by atoms with Crippen LogP contribution in [0.15, 0.2) is 36.4 Å². The highest BCUT2D eigenvalue weighted by Crippen LogP contribution is 2.24. The zero-order valence-corrected chi connectivity index (χ0v) is 19.6. The van der Waals surface area contributed by atoms with Gasteiger partial charge in [0.25, 0.3) is 5.91 Å². The van der Waals surface area contributed by atoms with E-state index >= 15 is 0 Å². The third-order valence-corrected chi connectivity index (χ3v) is 6.55. The Morgan fingerprint density at radius 2 is 1.63 bits per heavy atom. The smallest absolute Gasteiger partial charge is 0.261 e. The predicted molar refractivity (Wildman–Crippen MR) is 122 cm³/mol. The van der Waals surface area contributed by atoms with Crippen molar-refractivity contribution in [3.05, 3.63) is 58.7 Å². The van der Waals surface area contributed by atoms with Gasteiger partial charge in [-0.05, 0) is 80.6 Å². The first-order chi connectivity index (χ1) is 13.9. The van der Waals surface area contributed by atoms with E-state index in [1.807, 2.05) is 20.8 Å². The molecule has 164 valence electrons. The molecule has 2 aromatic rings.